The third-order valence-electron chi connectivity index (χ3n) is 5.06. The van der Waals surface area contributed by atoms with Crippen molar-refractivity contribution in [3.63, 3.8) is 0 Å². The summed E-state index contributed by atoms with van der Waals surface area (Å²) in [5.74, 6) is 0.605. The molecule has 0 bridgehead atoms. The molecule has 1 aliphatic heterocycles. The van der Waals surface area contributed by atoms with Gasteiger partial charge in [0.2, 0.25) is 5.95 Å². The predicted molar refractivity (Wildman–Crippen MR) is 116 cm³/mol. The molecule has 146 valence electrons. The van der Waals surface area contributed by atoms with E-state index in [9.17, 15) is 0 Å². The lowest BCUT2D eigenvalue weighted by Crippen LogP contribution is -2.28. The summed E-state index contributed by atoms with van der Waals surface area (Å²) in [6, 6.07) is 8.31. The van der Waals surface area contributed by atoms with Gasteiger partial charge in [0.1, 0.15) is 10.7 Å². The smallest absolute Gasteiger partial charge is 0.227 e. The summed E-state index contributed by atoms with van der Waals surface area (Å²) in [6.45, 7) is 9.70. The monoisotopic (exact) mass is 393 g/mol. The molecule has 2 aromatic heterocycles. The minimum atomic E-state index is 0.605. The van der Waals surface area contributed by atoms with Crippen LogP contribution in [0.3, 0.4) is 0 Å². The number of nitrogens with zero attached hydrogens (tertiary/aromatic N) is 4. The fourth-order valence-corrected chi connectivity index (χ4v) is 4.79. The number of anilines is 2. The summed E-state index contributed by atoms with van der Waals surface area (Å²) in [5.41, 5.74) is 5.44. The Kier molecular flexibility index (Phi) is 5.69. The second kappa shape index (κ2) is 8.37. The van der Waals surface area contributed by atoms with Crippen LogP contribution in [-0.4, -0.2) is 32.9 Å². The SMILES string of the molecule is Cc1cc(C)cc(Nc2nccc(-c3nc(C)c(CN4CCCCC4)s3)n2)c1. The first-order valence-corrected chi connectivity index (χ1v) is 10.8. The summed E-state index contributed by atoms with van der Waals surface area (Å²) in [6.07, 6.45) is 5.78. The van der Waals surface area contributed by atoms with Crippen LogP contribution in [0.1, 0.15) is 41.0 Å². The Labute approximate surface area is 170 Å². The molecule has 0 spiro atoms. The van der Waals surface area contributed by atoms with E-state index >= 15 is 0 Å². The van der Waals surface area contributed by atoms with Crippen LogP contribution in [0, 0.1) is 20.8 Å². The zero-order valence-corrected chi connectivity index (χ0v) is 17.6. The minimum Gasteiger partial charge on any atom is -0.324 e. The molecular formula is C22H27N5S. The second-order valence-electron chi connectivity index (χ2n) is 7.63. The molecule has 4 rings (SSSR count). The lowest BCUT2D eigenvalue weighted by atomic mass is 10.1. The third-order valence-corrected chi connectivity index (χ3v) is 6.23. The molecular weight excluding hydrogens is 366 g/mol. The zero-order chi connectivity index (χ0) is 19.5. The molecule has 1 N–H and O–H groups in total. The number of aryl methyl sites for hydroxylation is 3. The van der Waals surface area contributed by atoms with Gasteiger partial charge in [0.15, 0.2) is 0 Å². The molecule has 1 fully saturated rings. The third kappa shape index (κ3) is 4.56. The Morgan fingerprint density at radius 2 is 1.75 bits per heavy atom. The van der Waals surface area contributed by atoms with E-state index in [1.165, 1.54) is 48.4 Å². The Balaban J connectivity index is 1.53. The molecule has 0 aliphatic carbocycles. The maximum Gasteiger partial charge on any atom is 0.227 e. The highest BCUT2D eigenvalue weighted by Gasteiger charge is 2.16. The van der Waals surface area contributed by atoms with Gasteiger partial charge >= 0.3 is 0 Å². The van der Waals surface area contributed by atoms with Gasteiger partial charge in [-0.05, 0) is 76.0 Å². The van der Waals surface area contributed by atoms with Crippen LogP contribution < -0.4 is 5.32 Å². The summed E-state index contributed by atoms with van der Waals surface area (Å²) < 4.78 is 0. The lowest BCUT2D eigenvalue weighted by molar-refractivity contribution is 0.222. The van der Waals surface area contributed by atoms with Gasteiger partial charge in [-0.2, -0.15) is 0 Å². The molecule has 3 aromatic rings. The number of likely N-dealkylation sites (tertiary alicyclic amines) is 1. The van der Waals surface area contributed by atoms with Crippen molar-refractivity contribution in [1.82, 2.24) is 19.9 Å². The molecule has 28 heavy (non-hydrogen) atoms. The number of thiazole rings is 1. The molecule has 1 aliphatic rings. The number of nitrogens with one attached hydrogen (secondary N) is 1. The maximum absolute atomic E-state index is 4.80. The van der Waals surface area contributed by atoms with Crippen molar-refractivity contribution in [2.45, 2.75) is 46.6 Å². The molecule has 0 atom stereocenters. The summed E-state index contributed by atoms with van der Waals surface area (Å²) >= 11 is 1.76. The Morgan fingerprint density at radius 1 is 1.00 bits per heavy atom. The van der Waals surface area contributed by atoms with Crippen LogP contribution in [0.25, 0.3) is 10.7 Å². The standard InChI is InChI=1S/C22H27N5S/c1-15-11-16(2)13-18(12-15)25-22-23-8-7-19(26-22)21-24-17(3)20(28-21)14-27-9-5-4-6-10-27/h7-8,11-13H,4-6,9-10,14H2,1-3H3,(H,23,25,26). The molecule has 1 saturated heterocycles. The number of piperidine rings is 1. The van der Waals surface area contributed by atoms with Gasteiger partial charge in [-0.1, -0.05) is 12.5 Å². The topological polar surface area (TPSA) is 53.9 Å². The molecule has 3 heterocycles. The minimum absolute atomic E-state index is 0.605. The van der Waals surface area contributed by atoms with E-state index in [1.54, 1.807) is 17.5 Å². The van der Waals surface area contributed by atoms with E-state index in [4.69, 9.17) is 9.97 Å². The average Bonchev–Trinajstić information content (AvgIpc) is 3.02. The normalized spacial score (nSPS) is 15.0. The summed E-state index contributed by atoms with van der Waals surface area (Å²) in [7, 11) is 0. The van der Waals surface area contributed by atoms with Gasteiger partial charge in [0.05, 0.1) is 5.69 Å². The van der Waals surface area contributed by atoms with Crippen LogP contribution in [-0.2, 0) is 6.54 Å². The van der Waals surface area contributed by atoms with Crippen molar-refractivity contribution >= 4 is 23.0 Å². The van der Waals surface area contributed by atoms with Crippen LogP contribution in [0.15, 0.2) is 30.5 Å². The first-order valence-electron chi connectivity index (χ1n) is 9.94. The molecule has 0 amide bonds. The number of hydrogen-bond donors (Lipinski definition) is 1. The van der Waals surface area contributed by atoms with Crippen LogP contribution in [0.5, 0.6) is 0 Å². The Bertz CT molecular complexity index is 939. The summed E-state index contributed by atoms with van der Waals surface area (Å²) in [5, 5.41) is 4.30. The first kappa shape index (κ1) is 19.0. The van der Waals surface area contributed by atoms with Crippen molar-refractivity contribution in [3.8, 4) is 10.7 Å². The fourth-order valence-electron chi connectivity index (χ4n) is 3.72. The first-order chi connectivity index (χ1) is 13.6. The van der Waals surface area contributed by atoms with Crippen LogP contribution in [0.4, 0.5) is 11.6 Å². The largest absolute Gasteiger partial charge is 0.324 e. The number of aromatic nitrogens is 3. The highest BCUT2D eigenvalue weighted by molar-refractivity contribution is 7.15. The van der Waals surface area contributed by atoms with Gasteiger partial charge < -0.3 is 5.32 Å². The number of hydrogen-bond acceptors (Lipinski definition) is 6. The summed E-state index contributed by atoms with van der Waals surface area (Å²) in [4.78, 5) is 17.8. The Hall–Kier alpha value is -2.31. The maximum atomic E-state index is 4.80. The van der Waals surface area contributed by atoms with E-state index in [1.807, 2.05) is 6.07 Å². The molecule has 5 nitrogen and oxygen atoms in total. The van der Waals surface area contributed by atoms with Crippen molar-refractivity contribution in [2.75, 3.05) is 18.4 Å². The average molecular weight is 394 g/mol. The van der Waals surface area contributed by atoms with Gasteiger partial charge in [0, 0.05) is 23.3 Å². The van der Waals surface area contributed by atoms with Crippen LogP contribution >= 0.6 is 11.3 Å². The van der Waals surface area contributed by atoms with Crippen molar-refractivity contribution < 1.29 is 0 Å². The molecule has 0 unspecified atom stereocenters. The number of rotatable bonds is 5. The van der Waals surface area contributed by atoms with E-state index in [0.717, 1.165) is 28.6 Å². The predicted octanol–water partition coefficient (Wildman–Crippen LogP) is 5.25. The molecule has 0 radical (unpaired) electrons. The second-order valence-corrected chi connectivity index (χ2v) is 8.71. The zero-order valence-electron chi connectivity index (χ0n) is 16.8. The van der Waals surface area contributed by atoms with Gasteiger partial charge in [-0.3, -0.25) is 4.90 Å². The van der Waals surface area contributed by atoms with E-state index < -0.39 is 0 Å². The van der Waals surface area contributed by atoms with Gasteiger partial charge in [-0.15, -0.1) is 11.3 Å². The lowest BCUT2D eigenvalue weighted by Gasteiger charge is -2.25. The quantitative estimate of drug-likeness (QED) is 0.641. The molecule has 6 heteroatoms. The van der Waals surface area contributed by atoms with Gasteiger partial charge in [-0.25, -0.2) is 15.0 Å². The van der Waals surface area contributed by atoms with E-state index in [-0.39, 0.29) is 0 Å². The highest BCUT2D eigenvalue weighted by Crippen LogP contribution is 2.29. The molecule has 1 aromatic carbocycles. The van der Waals surface area contributed by atoms with Crippen LogP contribution in [0.2, 0.25) is 0 Å². The Morgan fingerprint density at radius 3 is 2.50 bits per heavy atom. The fraction of sp³-hybridized carbons (Fsp3) is 0.409. The number of benzene rings is 1. The van der Waals surface area contributed by atoms with Gasteiger partial charge in [0.25, 0.3) is 0 Å². The molecule has 0 saturated carbocycles. The van der Waals surface area contributed by atoms with E-state index in [0.29, 0.717) is 5.95 Å². The van der Waals surface area contributed by atoms with Crippen molar-refractivity contribution in [3.05, 3.63) is 52.2 Å². The van der Waals surface area contributed by atoms with E-state index in [2.05, 4.69) is 54.2 Å². The van der Waals surface area contributed by atoms with Crippen molar-refractivity contribution in [1.29, 1.82) is 0 Å². The highest BCUT2D eigenvalue weighted by atomic mass is 32.1. The van der Waals surface area contributed by atoms with Crippen molar-refractivity contribution in [2.24, 2.45) is 0 Å².